The summed E-state index contributed by atoms with van der Waals surface area (Å²) in [5, 5.41) is 3.94. The molecule has 0 unspecified atom stereocenters. The van der Waals surface area contributed by atoms with E-state index in [0.717, 1.165) is 12.1 Å². The minimum Gasteiger partial charge on any atom is -0.220 e. The van der Waals surface area contributed by atoms with Gasteiger partial charge in [0.05, 0.1) is 5.69 Å². The first kappa shape index (κ1) is 12.3. The third kappa shape index (κ3) is 2.03. The van der Waals surface area contributed by atoms with Crippen LogP contribution in [0.3, 0.4) is 0 Å². The summed E-state index contributed by atoms with van der Waals surface area (Å²) in [4.78, 5) is 8.05. The molecule has 3 aromatic rings. The predicted molar refractivity (Wildman–Crippen MR) is 64.5 cm³/mol. The molecule has 4 nitrogen and oxygen atoms in total. The molecule has 7 heteroatoms. The van der Waals surface area contributed by atoms with Crippen LogP contribution in [0.25, 0.3) is 17.2 Å². The highest BCUT2D eigenvalue weighted by atomic mass is 19.2. The maximum absolute atomic E-state index is 13.7. The van der Waals surface area contributed by atoms with Crippen molar-refractivity contribution in [2.75, 3.05) is 0 Å². The van der Waals surface area contributed by atoms with Gasteiger partial charge in [-0.1, -0.05) is 0 Å². The smallest absolute Gasteiger partial charge is 0.220 e. The molecule has 1 aromatic carbocycles. The first-order chi connectivity index (χ1) is 9.66. The highest BCUT2D eigenvalue weighted by Gasteiger charge is 2.16. The second-order valence-corrected chi connectivity index (χ2v) is 3.92. The molecule has 0 aliphatic carbocycles. The van der Waals surface area contributed by atoms with Gasteiger partial charge < -0.3 is 0 Å². The van der Waals surface area contributed by atoms with Gasteiger partial charge in [0.25, 0.3) is 5.95 Å². The van der Waals surface area contributed by atoms with Gasteiger partial charge in [0.2, 0.25) is 0 Å². The van der Waals surface area contributed by atoms with E-state index in [0.29, 0.717) is 0 Å². The number of halogens is 3. The third-order valence-corrected chi connectivity index (χ3v) is 2.66. The Labute approximate surface area is 111 Å². The van der Waals surface area contributed by atoms with E-state index in [-0.39, 0.29) is 17.2 Å². The Balaban J connectivity index is 2.12. The van der Waals surface area contributed by atoms with Gasteiger partial charge in [-0.15, -0.1) is 0 Å². The highest BCUT2D eigenvalue weighted by Crippen LogP contribution is 2.24. The van der Waals surface area contributed by atoms with Crippen LogP contribution in [0.15, 0.2) is 42.9 Å². The van der Waals surface area contributed by atoms with Crippen molar-refractivity contribution in [3.05, 3.63) is 60.3 Å². The molecule has 0 spiro atoms. The number of nitrogens with zero attached hydrogens (tertiary/aromatic N) is 4. The SMILES string of the molecule is Fc1ccc(-c2ccnc(-n3cccn3)n2)c(F)c1F. The molecule has 0 fully saturated rings. The van der Waals surface area contributed by atoms with E-state index in [2.05, 4.69) is 15.1 Å². The van der Waals surface area contributed by atoms with Gasteiger partial charge in [-0.25, -0.2) is 27.8 Å². The average molecular weight is 276 g/mol. The maximum atomic E-state index is 13.7. The van der Waals surface area contributed by atoms with Crippen LogP contribution in [0.4, 0.5) is 13.2 Å². The fourth-order valence-corrected chi connectivity index (χ4v) is 1.72. The zero-order valence-corrected chi connectivity index (χ0v) is 9.96. The van der Waals surface area contributed by atoms with Gasteiger partial charge in [0.15, 0.2) is 17.5 Å². The van der Waals surface area contributed by atoms with Crippen molar-refractivity contribution in [1.82, 2.24) is 19.7 Å². The van der Waals surface area contributed by atoms with E-state index in [1.807, 2.05) is 0 Å². The summed E-state index contributed by atoms with van der Waals surface area (Å²) in [5.74, 6) is -3.85. The van der Waals surface area contributed by atoms with Crippen LogP contribution in [0.2, 0.25) is 0 Å². The number of rotatable bonds is 2. The zero-order valence-electron chi connectivity index (χ0n) is 9.96. The number of hydrogen-bond acceptors (Lipinski definition) is 3. The Hall–Kier alpha value is -2.70. The molecule has 0 aliphatic heterocycles. The monoisotopic (exact) mass is 276 g/mol. The van der Waals surface area contributed by atoms with E-state index >= 15 is 0 Å². The summed E-state index contributed by atoms with van der Waals surface area (Å²) in [6.45, 7) is 0. The standard InChI is InChI=1S/C13H7F3N4/c14-9-3-2-8(11(15)12(9)16)10-4-6-17-13(19-10)20-7-1-5-18-20/h1-7H. The van der Waals surface area contributed by atoms with Crippen LogP contribution in [-0.4, -0.2) is 19.7 Å². The summed E-state index contributed by atoms with van der Waals surface area (Å²) < 4.78 is 41.3. The Morgan fingerprint density at radius 1 is 0.950 bits per heavy atom. The van der Waals surface area contributed by atoms with Crippen molar-refractivity contribution < 1.29 is 13.2 Å². The third-order valence-electron chi connectivity index (χ3n) is 2.66. The minimum absolute atomic E-state index is 0.139. The Morgan fingerprint density at radius 2 is 1.80 bits per heavy atom. The van der Waals surface area contributed by atoms with Gasteiger partial charge in [-0.3, -0.25) is 0 Å². The molecule has 0 amide bonds. The number of hydrogen-bond donors (Lipinski definition) is 0. The molecule has 3 rings (SSSR count). The second-order valence-electron chi connectivity index (χ2n) is 3.92. The summed E-state index contributed by atoms with van der Waals surface area (Å²) in [6.07, 6.45) is 4.54. The van der Waals surface area contributed by atoms with E-state index in [4.69, 9.17) is 0 Å². The topological polar surface area (TPSA) is 43.6 Å². The van der Waals surface area contributed by atoms with E-state index in [1.165, 1.54) is 23.1 Å². The lowest BCUT2D eigenvalue weighted by molar-refractivity contribution is 0.449. The molecule has 0 N–H and O–H groups in total. The van der Waals surface area contributed by atoms with Crippen molar-refractivity contribution in [1.29, 1.82) is 0 Å². The zero-order chi connectivity index (χ0) is 14.1. The highest BCUT2D eigenvalue weighted by molar-refractivity contribution is 5.60. The Kier molecular flexibility index (Phi) is 2.94. The molecule has 0 saturated heterocycles. The van der Waals surface area contributed by atoms with E-state index < -0.39 is 17.5 Å². The number of benzene rings is 1. The second kappa shape index (κ2) is 4.76. The van der Waals surface area contributed by atoms with Crippen LogP contribution < -0.4 is 0 Å². The van der Waals surface area contributed by atoms with E-state index in [1.54, 1.807) is 12.3 Å². The molecule has 2 aromatic heterocycles. The molecule has 0 saturated carbocycles. The fourth-order valence-electron chi connectivity index (χ4n) is 1.72. The van der Waals surface area contributed by atoms with Crippen LogP contribution in [0, 0.1) is 17.5 Å². The molecule has 20 heavy (non-hydrogen) atoms. The van der Waals surface area contributed by atoms with Crippen LogP contribution >= 0.6 is 0 Å². The lowest BCUT2D eigenvalue weighted by Crippen LogP contribution is -2.03. The van der Waals surface area contributed by atoms with Crippen molar-refractivity contribution in [3.8, 4) is 17.2 Å². The van der Waals surface area contributed by atoms with Crippen molar-refractivity contribution in [2.24, 2.45) is 0 Å². The molecule has 0 bridgehead atoms. The lowest BCUT2D eigenvalue weighted by Gasteiger charge is -2.06. The molecule has 0 atom stereocenters. The summed E-state index contributed by atoms with van der Waals surface area (Å²) in [5.41, 5.74) is 0.00149. The van der Waals surface area contributed by atoms with Gasteiger partial charge >= 0.3 is 0 Å². The van der Waals surface area contributed by atoms with Gasteiger partial charge in [-0.2, -0.15) is 5.10 Å². The molecule has 100 valence electrons. The Morgan fingerprint density at radius 3 is 2.55 bits per heavy atom. The Bertz CT molecular complexity index is 756. The summed E-state index contributed by atoms with van der Waals surface area (Å²) in [6, 6.07) is 5.06. The lowest BCUT2D eigenvalue weighted by atomic mass is 10.1. The number of aromatic nitrogens is 4. The minimum atomic E-state index is -1.53. The first-order valence-electron chi connectivity index (χ1n) is 5.64. The maximum Gasteiger partial charge on any atom is 0.251 e. The average Bonchev–Trinajstić information content (AvgIpc) is 2.99. The normalized spacial score (nSPS) is 10.8. The largest absolute Gasteiger partial charge is 0.251 e. The summed E-state index contributed by atoms with van der Waals surface area (Å²) >= 11 is 0. The van der Waals surface area contributed by atoms with Crippen molar-refractivity contribution in [3.63, 3.8) is 0 Å². The van der Waals surface area contributed by atoms with Crippen molar-refractivity contribution in [2.45, 2.75) is 0 Å². The molecular formula is C13H7F3N4. The molecule has 2 heterocycles. The fraction of sp³-hybridized carbons (Fsp3) is 0. The first-order valence-corrected chi connectivity index (χ1v) is 5.64. The van der Waals surface area contributed by atoms with Crippen LogP contribution in [-0.2, 0) is 0 Å². The molecule has 0 radical (unpaired) electrons. The van der Waals surface area contributed by atoms with Gasteiger partial charge in [0, 0.05) is 24.2 Å². The van der Waals surface area contributed by atoms with Crippen LogP contribution in [0.5, 0.6) is 0 Å². The van der Waals surface area contributed by atoms with Gasteiger partial charge in [-0.05, 0) is 24.3 Å². The predicted octanol–water partition coefficient (Wildman–Crippen LogP) is 2.75. The van der Waals surface area contributed by atoms with Crippen LogP contribution in [0.1, 0.15) is 0 Å². The molecular weight excluding hydrogens is 269 g/mol. The van der Waals surface area contributed by atoms with Gasteiger partial charge in [0.1, 0.15) is 0 Å². The molecule has 0 aliphatic rings. The van der Waals surface area contributed by atoms with E-state index in [9.17, 15) is 13.2 Å². The van der Waals surface area contributed by atoms with Crippen molar-refractivity contribution >= 4 is 0 Å². The summed E-state index contributed by atoms with van der Waals surface area (Å²) in [7, 11) is 0. The quantitative estimate of drug-likeness (QED) is 0.676.